The first-order valence-corrected chi connectivity index (χ1v) is 5.02. The lowest BCUT2D eigenvalue weighted by Gasteiger charge is -1.69. The first-order valence-electron chi connectivity index (χ1n) is 3.36. The number of hydrogen-bond donors (Lipinski definition) is 1. The van der Waals surface area contributed by atoms with Crippen LogP contribution >= 0.6 is 8.03 Å². The van der Waals surface area contributed by atoms with Gasteiger partial charge < -0.3 is 0 Å². The van der Waals surface area contributed by atoms with Gasteiger partial charge >= 0.3 is 8.03 Å². The maximum absolute atomic E-state index is 9.15. The zero-order valence-corrected chi connectivity index (χ0v) is 7.21. The largest absolute Gasteiger partial charge is 0.502 e. The normalized spacial score (nSPS) is 12.4. The minimum atomic E-state index is -1.87. The molecule has 3 heteroatoms. The van der Waals surface area contributed by atoms with Crippen molar-refractivity contribution in [1.29, 1.82) is 0 Å². The highest BCUT2D eigenvalue weighted by atomic mass is 31.1. The number of hydrogen-bond acceptors (Lipinski definition) is 1. The van der Waals surface area contributed by atoms with Crippen molar-refractivity contribution < 1.29 is 9.46 Å². The molecule has 58 valence electrons. The predicted octanol–water partition coefficient (Wildman–Crippen LogP) is 1.94. The zero-order valence-electron chi connectivity index (χ0n) is 6.32. The van der Waals surface area contributed by atoms with E-state index in [1.54, 1.807) is 0 Å². The molecule has 1 aliphatic carbocycles. The van der Waals surface area contributed by atoms with E-state index in [1.165, 1.54) is 24.2 Å². The molecule has 0 aromatic heterocycles. The lowest BCUT2D eigenvalue weighted by molar-refractivity contribution is 0.509. The summed E-state index contributed by atoms with van der Waals surface area (Å²) in [4.78, 5) is 7.56. The molecule has 0 saturated carbocycles. The lowest BCUT2D eigenvalue weighted by Crippen LogP contribution is -1.48. The van der Waals surface area contributed by atoms with E-state index in [0.29, 0.717) is 0 Å². The van der Waals surface area contributed by atoms with Crippen LogP contribution in [0.25, 0.3) is 0 Å². The van der Waals surface area contributed by atoms with Crippen LogP contribution in [0.3, 0.4) is 0 Å². The molecule has 0 saturated heterocycles. The highest BCUT2D eigenvalue weighted by Gasteiger charge is 2.12. The second-order valence-electron chi connectivity index (χ2n) is 2.41. The lowest BCUT2D eigenvalue weighted by atomic mass is 10.4. The summed E-state index contributed by atoms with van der Waals surface area (Å²) in [7, 11) is -1.87. The summed E-state index contributed by atoms with van der Waals surface area (Å²) in [6.07, 6.45) is 1.24. The van der Waals surface area contributed by atoms with Gasteiger partial charge in [-0.2, -0.15) is 4.89 Å². The van der Waals surface area contributed by atoms with Crippen molar-refractivity contribution in [2.45, 2.75) is 6.42 Å². The monoisotopic (exact) mass is 169 g/mol. The molecular weight excluding hydrogens is 159 g/mol. The Bertz CT molecular complexity index is 246. The predicted molar refractivity (Wildman–Crippen MR) is 45.0 cm³/mol. The van der Waals surface area contributed by atoms with Gasteiger partial charge in [-0.3, -0.25) is 0 Å². The third-order valence-corrected chi connectivity index (χ3v) is 1.37. The fourth-order valence-corrected chi connectivity index (χ4v) is 0.836. The molecule has 2 rings (SSSR count). The van der Waals surface area contributed by atoms with Crippen LogP contribution in [0.4, 0.5) is 0 Å². The zero-order chi connectivity index (χ0) is 8.27. The molecule has 1 aromatic rings. The van der Waals surface area contributed by atoms with Crippen LogP contribution in [-0.4, -0.2) is 11.6 Å². The average Bonchev–Trinajstić information content (AvgIpc) is 2.62. The molecular formula is C8H10O2P+. The van der Waals surface area contributed by atoms with Crippen LogP contribution in [0, 0.1) is 0 Å². The summed E-state index contributed by atoms with van der Waals surface area (Å²) in [5.74, 6) is 0. The third-order valence-electron chi connectivity index (χ3n) is 1.37. The Kier molecular flexibility index (Phi) is 2.75. The van der Waals surface area contributed by atoms with Gasteiger partial charge in [0, 0.05) is 0 Å². The van der Waals surface area contributed by atoms with E-state index in [9.17, 15) is 0 Å². The molecule has 1 aromatic carbocycles. The van der Waals surface area contributed by atoms with Gasteiger partial charge in [0.05, 0.1) is 0 Å². The summed E-state index contributed by atoms with van der Waals surface area (Å²) >= 11 is 0. The Morgan fingerprint density at radius 3 is 2.00 bits per heavy atom. The highest BCUT2D eigenvalue weighted by molar-refractivity contribution is 7.36. The maximum Gasteiger partial charge on any atom is 0.502 e. The van der Waals surface area contributed by atoms with Gasteiger partial charge in [-0.15, -0.1) is 0 Å². The maximum atomic E-state index is 9.15. The molecule has 1 N–H and O–H groups in total. The van der Waals surface area contributed by atoms with Gasteiger partial charge in [-0.25, -0.2) is 0 Å². The van der Waals surface area contributed by atoms with Crippen molar-refractivity contribution >= 4 is 8.03 Å². The van der Waals surface area contributed by atoms with Gasteiger partial charge in [-0.1, -0.05) is 24.3 Å². The Morgan fingerprint density at radius 2 is 1.73 bits per heavy atom. The molecule has 0 heterocycles. The van der Waals surface area contributed by atoms with E-state index in [1.807, 2.05) is 0 Å². The van der Waals surface area contributed by atoms with E-state index in [2.05, 4.69) is 24.3 Å². The van der Waals surface area contributed by atoms with Crippen LogP contribution in [0.15, 0.2) is 24.3 Å². The molecule has 0 fully saturated rings. The Hall–Kier alpha value is -0.720. The molecule has 2 nitrogen and oxygen atoms in total. The Balaban J connectivity index is 0.000000134. The van der Waals surface area contributed by atoms with Crippen LogP contribution in [-0.2, 0) is 11.0 Å². The highest BCUT2D eigenvalue weighted by Crippen LogP contribution is 2.25. The van der Waals surface area contributed by atoms with Crippen molar-refractivity contribution in [2.24, 2.45) is 0 Å². The summed E-state index contributed by atoms with van der Waals surface area (Å²) in [5.41, 5.74) is 3.06. The first-order chi connectivity index (χ1) is 5.20. The summed E-state index contributed by atoms with van der Waals surface area (Å²) < 4.78 is 9.15. The quantitative estimate of drug-likeness (QED) is 0.612. The molecule has 0 spiro atoms. The number of fused-ring (bicyclic) bond motifs is 1. The van der Waals surface area contributed by atoms with Crippen LogP contribution < -0.4 is 0 Å². The molecule has 1 atom stereocenters. The van der Waals surface area contributed by atoms with E-state index in [-0.39, 0.29) is 0 Å². The van der Waals surface area contributed by atoms with Crippen molar-refractivity contribution in [3.05, 3.63) is 35.4 Å². The van der Waals surface area contributed by atoms with Crippen LogP contribution in [0.5, 0.6) is 0 Å². The topological polar surface area (TPSA) is 37.3 Å². The fraction of sp³-hybridized carbons (Fsp3) is 0.250. The Labute approximate surface area is 66.7 Å². The van der Waals surface area contributed by atoms with E-state index in [0.717, 1.165) is 0 Å². The van der Waals surface area contributed by atoms with E-state index >= 15 is 0 Å². The average molecular weight is 169 g/mol. The fourth-order valence-electron chi connectivity index (χ4n) is 0.836. The first kappa shape index (κ1) is 8.38. The van der Waals surface area contributed by atoms with Crippen LogP contribution in [0.2, 0.25) is 0 Å². The molecule has 0 bridgehead atoms. The molecule has 0 radical (unpaired) electrons. The van der Waals surface area contributed by atoms with Gasteiger partial charge in [-0.05, 0) is 22.1 Å². The molecule has 1 aliphatic rings. The Morgan fingerprint density at radius 1 is 1.36 bits per heavy atom. The molecule has 0 aliphatic heterocycles. The van der Waals surface area contributed by atoms with Gasteiger partial charge in [0.2, 0.25) is 0 Å². The number of benzene rings is 1. The van der Waals surface area contributed by atoms with E-state index in [4.69, 9.17) is 9.46 Å². The van der Waals surface area contributed by atoms with Gasteiger partial charge in [0.15, 0.2) is 6.66 Å². The van der Waals surface area contributed by atoms with Crippen molar-refractivity contribution in [2.75, 3.05) is 6.66 Å². The second-order valence-corrected chi connectivity index (χ2v) is 3.34. The molecule has 0 amide bonds. The number of rotatable bonds is 0. The van der Waals surface area contributed by atoms with Crippen LogP contribution in [0.1, 0.15) is 11.1 Å². The SMILES string of the molecule is C[P+](=O)O.c1ccc2c(c1)C2. The molecule has 1 unspecified atom stereocenters. The van der Waals surface area contributed by atoms with Crippen molar-refractivity contribution in [3.8, 4) is 0 Å². The third kappa shape index (κ3) is 3.26. The summed E-state index contributed by atoms with van der Waals surface area (Å²) in [6.45, 7) is 1.23. The van der Waals surface area contributed by atoms with Crippen molar-refractivity contribution in [1.82, 2.24) is 0 Å². The smallest absolute Gasteiger partial charge is 0.161 e. The minimum Gasteiger partial charge on any atom is -0.161 e. The minimum absolute atomic E-state index is 1.23. The standard InChI is InChI=1S/C7H6.CH3O2P/c1-2-4-7-5-6(7)3-1;1-4(2)3/h1-4H,5H2;1H3/p+1. The van der Waals surface area contributed by atoms with Gasteiger partial charge in [0.1, 0.15) is 0 Å². The van der Waals surface area contributed by atoms with Gasteiger partial charge in [0.25, 0.3) is 0 Å². The molecule has 11 heavy (non-hydrogen) atoms. The second kappa shape index (κ2) is 3.61. The van der Waals surface area contributed by atoms with Crippen molar-refractivity contribution in [3.63, 3.8) is 0 Å². The summed E-state index contributed by atoms with van der Waals surface area (Å²) in [5, 5.41) is 0. The van der Waals surface area contributed by atoms with E-state index < -0.39 is 8.03 Å². The summed E-state index contributed by atoms with van der Waals surface area (Å²) in [6, 6.07) is 8.53.